The number of rotatable bonds is 8. The Morgan fingerprint density at radius 3 is 2.42 bits per heavy atom. The lowest BCUT2D eigenvalue weighted by molar-refractivity contribution is -0.127. The van der Waals surface area contributed by atoms with E-state index in [1.807, 2.05) is 37.3 Å². The number of ether oxygens (including phenoxy) is 1. The molecule has 1 aromatic heterocycles. The first-order valence-electron chi connectivity index (χ1n) is 10.4. The molecule has 0 aliphatic heterocycles. The Bertz CT molecular complexity index is 943. The number of para-hydroxylation sites is 1. The SMILES string of the molecule is C#C/C=C(\C)c1nn(-c2ccccc2)cc1C(=O)N(CCCOC)C(=O)CN.C=CC.CN. The van der Waals surface area contributed by atoms with Crippen molar-refractivity contribution in [3.8, 4) is 18.0 Å². The lowest BCUT2D eigenvalue weighted by atomic mass is 10.1. The van der Waals surface area contributed by atoms with Crippen molar-refractivity contribution in [2.45, 2.75) is 20.3 Å². The van der Waals surface area contributed by atoms with Crippen LogP contribution in [-0.4, -0.2) is 60.3 Å². The molecule has 2 amide bonds. The highest BCUT2D eigenvalue weighted by atomic mass is 16.5. The van der Waals surface area contributed by atoms with Crippen molar-refractivity contribution in [3.05, 3.63) is 66.5 Å². The Kier molecular flexibility index (Phi) is 15.3. The molecule has 0 unspecified atom stereocenters. The molecule has 0 saturated heterocycles. The predicted molar refractivity (Wildman–Crippen MR) is 134 cm³/mol. The summed E-state index contributed by atoms with van der Waals surface area (Å²) in [4.78, 5) is 26.6. The molecule has 0 saturated carbocycles. The van der Waals surface area contributed by atoms with E-state index in [9.17, 15) is 9.59 Å². The monoisotopic (exact) mass is 453 g/mol. The number of allylic oxidation sites excluding steroid dienone is 3. The predicted octanol–water partition coefficient (Wildman–Crippen LogP) is 2.64. The largest absolute Gasteiger partial charge is 0.385 e. The lowest BCUT2D eigenvalue weighted by Crippen LogP contribution is -2.41. The molecular formula is C25H35N5O3. The Morgan fingerprint density at radius 2 is 1.91 bits per heavy atom. The summed E-state index contributed by atoms with van der Waals surface area (Å²) < 4.78 is 6.61. The minimum Gasteiger partial charge on any atom is -0.385 e. The van der Waals surface area contributed by atoms with Gasteiger partial charge in [-0.25, -0.2) is 4.68 Å². The summed E-state index contributed by atoms with van der Waals surface area (Å²) in [6.07, 6.45) is 10.8. The van der Waals surface area contributed by atoms with E-state index in [1.165, 1.54) is 13.1 Å². The first-order valence-corrected chi connectivity index (χ1v) is 10.4. The first kappa shape index (κ1) is 29.5. The van der Waals surface area contributed by atoms with Crippen molar-refractivity contribution in [2.24, 2.45) is 11.5 Å². The van der Waals surface area contributed by atoms with Crippen LogP contribution in [0.2, 0.25) is 0 Å². The van der Waals surface area contributed by atoms with Gasteiger partial charge in [-0.3, -0.25) is 14.5 Å². The average molecular weight is 454 g/mol. The maximum atomic E-state index is 13.2. The number of benzene rings is 1. The summed E-state index contributed by atoms with van der Waals surface area (Å²) in [6, 6.07) is 9.37. The standard InChI is InChI=1S/C21H24N4O3.C3H6.CH5N/c1-4-9-16(2)20-18(15-25(23-20)17-10-6-5-7-11-17)21(27)24(19(26)14-22)12-8-13-28-3;1-3-2;1-2/h1,5-7,9-11,15H,8,12-14,22H2,2-3H3;3H,1H2,2H3;2H2,1H3/b16-9+;;. The van der Waals surface area contributed by atoms with Gasteiger partial charge in [0.05, 0.1) is 17.8 Å². The van der Waals surface area contributed by atoms with Crippen LogP contribution < -0.4 is 11.5 Å². The van der Waals surface area contributed by atoms with Gasteiger partial charge in [0.2, 0.25) is 5.91 Å². The fraction of sp³-hybridized carbons (Fsp3) is 0.320. The molecule has 0 bridgehead atoms. The molecule has 2 aromatic rings. The first-order chi connectivity index (χ1) is 15.9. The van der Waals surface area contributed by atoms with Crippen LogP contribution in [-0.2, 0) is 9.53 Å². The summed E-state index contributed by atoms with van der Waals surface area (Å²) in [5, 5.41) is 4.52. The summed E-state index contributed by atoms with van der Waals surface area (Å²) >= 11 is 0. The summed E-state index contributed by atoms with van der Waals surface area (Å²) in [5.74, 6) is 1.52. The molecular weight excluding hydrogens is 418 g/mol. The average Bonchev–Trinajstić information content (AvgIpc) is 3.29. The van der Waals surface area contributed by atoms with E-state index < -0.39 is 11.8 Å². The molecule has 8 nitrogen and oxygen atoms in total. The molecule has 1 aromatic carbocycles. The normalized spacial score (nSPS) is 10.0. The highest BCUT2D eigenvalue weighted by molar-refractivity contribution is 6.07. The second-order valence-corrected chi connectivity index (χ2v) is 6.47. The number of terminal acetylenes is 1. The zero-order chi connectivity index (χ0) is 25.2. The van der Waals surface area contributed by atoms with Gasteiger partial charge in [0.1, 0.15) is 5.69 Å². The van der Waals surface area contributed by atoms with Crippen LogP contribution in [0.4, 0.5) is 0 Å². The molecule has 0 radical (unpaired) electrons. The third-order valence-corrected chi connectivity index (χ3v) is 4.09. The van der Waals surface area contributed by atoms with Gasteiger partial charge in [0.25, 0.3) is 5.91 Å². The number of carbonyl (C=O) groups is 2. The number of amides is 2. The van der Waals surface area contributed by atoms with E-state index in [1.54, 1.807) is 31.0 Å². The molecule has 0 atom stereocenters. The second-order valence-electron chi connectivity index (χ2n) is 6.47. The third-order valence-electron chi connectivity index (χ3n) is 4.09. The number of nitrogens with zero attached hydrogens (tertiary/aromatic N) is 3. The fourth-order valence-electron chi connectivity index (χ4n) is 2.69. The third kappa shape index (κ3) is 9.25. The Labute approximate surface area is 196 Å². The molecule has 0 fully saturated rings. The van der Waals surface area contributed by atoms with Crippen molar-refractivity contribution in [1.29, 1.82) is 0 Å². The molecule has 4 N–H and O–H groups in total. The summed E-state index contributed by atoms with van der Waals surface area (Å²) in [6.45, 7) is 7.39. The van der Waals surface area contributed by atoms with Gasteiger partial charge in [-0.2, -0.15) is 5.10 Å². The molecule has 0 aliphatic carbocycles. The highest BCUT2D eigenvalue weighted by Gasteiger charge is 2.26. The van der Waals surface area contributed by atoms with Crippen LogP contribution in [0.5, 0.6) is 0 Å². The smallest absolute Gasteiger partial charge is 0.264 e. The number of nitrogens with two attached hydrogens (primary N) is 2. The van der Waals surface area contributed by atoms with Gasteiger partial charge < -0.3 is 16.2 Å². The van der Waals surface area contributed by atoms with E-state index >= 15 is 0 Å². The van der Waals surface area contributed by atoms with Gasteiger partial charge >= 0.3 is 0 Å². The van der Waals surface area contributed by atoms with E-state index in [-0.39, 0.29) is 18.7 Å². The van der Waals surface area contributed by atoms with E-state index in [4.69, 9.17) is 16.9 Å². The lowest BCUT2D eigenvalue weighted by Gasteiger charge is -2.20. The van der Waals surface area contributed by atoms with Crippen molar-refractivity contribution < 1.29 is 14.3 Å². The molecule has 0 aliphatic rings. The van der Waals surface area contributed by atoms with Crippen LogP contribution in [0, 0.1) is 12.3 Å². The van der Waals surface area contributed by atoms with Gasteiger partial charge in [-0.1, -0.05) is 30.2 Å². The molecule has 33 heavy (non-hydrogen) atoms. The molecule has 2 rings (SSSR count). The summed E-state index contributed by atoms with van der Waals surface area (Å²) in [7, 11) is 3.06. The fourth-order valence-corrected chi connectivity index (χ4v) is 2.69. The van der Waals surface area contributed by atoms with Gasteiger partial charge in [-0.05, 0) is 51.1 Å². The number of hydrogen-bond acceptors (Lipinski definition) is 6. The quantitative estimate of drug-likeness (QED) is 0.361. The zero-order valence-corrected chi connectivity index (χ0v) is 20.0. The van der Waals surface area contributed by atoms with Crippen molar-refractivity contribution in [2.75, 3.05) is 33.9 Å². The van der Waals surface area contributed by atoms with Crippen LogP contribution >= 0.6 is 0 Å². The highest BCUT2D eigenvalue weighted by Crippen LogP contribution is 2.21. The Balaban J connectivity index is 0.00000189. The van der Waals surface area contributed by atoms with E-state index in [0.717, 1.165) is 10.6 Å². The van der Waals surface area contributed by atoms with Gasteiger partial charge in [-0.15, -0.1) is 13.0 Å². The Hall–Kier alpha value is -3.51. The van der Waals surface area contributed by atoms with Crippen molar-refractivity contribution >= 4 is 17.4 Å². The van der Waals surface area contributed by atoms with Gasteiger partial charge in [0, 0.05) is 26.5 Å². The van der Waals surface area contributed by atoms with Crippen LogP contribution in [0.1, 0.15) is 36.3 Å². The molecule has 0 spiro atoms. The number of aromatic nitrogens is 2. The number of hydrogen-bond donors (Lipinski definition) is 2. The van der Waals surface area contributed by atoms with Crippen molar-refractivity contribution in [3.63, 3.8) is 0 Å². The molecule has 1 heterocycles. The maximum absolute atomic E-state index is 13.2. The maximum Gasteiger partial charge on any atom is 0.264 e. The zero-order valence-electron chi connectivity index (χ0n) is 20.0. The molecule has 8 heteroatoms. The topological polar surface area (TPSA) is 116 Å². The number of carbonyl (C=O) groups excluding carboxylic acids is 2. The minimum absolute atomic E-state index is 0.205. The van der Waals surface area contributed by atoms with E-state index in [0.29, 0.717) is 24.3 Å². The summed E-state index contributed by atoms with van der Waals surface area (Å²) in [5.41, 5.74) is 12.1. The molecule has 178 valence electrons. The number of methoxy groups -OCH3 is 1. The van der Waals surface area contributed by atoms with Gasteiger partial charge in [0.15, 0.2) is 0 Å². The van der Waals surface area contributed by atoms with E-state index in [2.05, 4.69) is 23.3 Å². The second kappa shape index (κ2) is 17.1. The minimum atomic E-state index is -0.464. The Morgan fingerprint density at radius 1 is 1.30 bits per heavy atom. The van der Waals surface area contributed by atoms with Crippen molar-refractivity contribution in [1.82, 2.24) is 14.7 Å². The number of imide groups is 1. The van der Waals surface area contributed by atoms with Crippen LogP contribution in [0.25, 0.3) is 11.3 Å². The van der Waals surface area contributed by atoms with Crippen LogP contribution in [0.15, 0.2) is 55.3 Å². The van der Waals surface area contributed by atoms with Crippen LogP contribution in [0.3, 0.4) is 0 Å².